The zero-order valence-electron chi connectivity index (χ0n) is 15.1. The highest BCUT2D eigenvalue weighted by molar-refractivity contribution is 7.99. The van der Waals surface area contributed by atoms with Crippen LogP contribution in [0.1, 0.15) is 21.7 Å². The van der Waals surface area contributed by atoms with Gasteiger partial charge in [-0.25, -0.2) is 4.98 Å². The maximum Gasteiger partial charge on any atom is 0.248 e. The number of aromatic amines is 1. The average Bonchev–Trinajstić information content (AvgIpc) is 3.14. The predicted octanol–water partition coefficient (Wildman–Crippen LogP) is 2.52. The summed E-state index contributed by atoms with van der Waals surface area (Å²) in [6.45, 7) is 2.27. The summed E-state index contributed by atoms with van der Waals surface area (Å²) in [6, 6.07) is 14.1. The van der Waals surface area contributed by atoms with E-state index in [0.29, 0.717) is 22.2 Å². The fourth-order valence-corrected chi connectivity index (χ4v) is 2.86. The Kier molecular flexibility index (Phi) is 6.28. The lowest BCUT2D eigenvalue weighted by Gasteiger charge is -2.04. The first-order chi connectivity index (χ1) is 13.5. The van der Waals surface area contributed by atoms with Crippen molar-refractivity contribution in [3.63, 3.8) is 0 Å². The van der Waals surface area contributed by atoms with Crippen LogP contribution in [0.25, 0.3) is 0 Å². The molecule has 3 rings (SSSR count). The summed E-state index contributed by atoms with van der Waals surface area (Å²) in [6.07, 6.45) is 0. The maximum absolute atomic E-state index is 12.0. The number of hydrogen-bond acceptors (Lipinski definition) is 6. The van der Waals surface area contributed by atoms with Crippen molar-refractivity contribution in [2.45, 2.75) is 18.7 Å². The number of carbonyl (C=O) groups is 2. The molecule has 0 saturated carbocycles. The van der Waals surface area contributed by atoms with Gasteiger partial charge in [-0.3, -0.25) is 14.7 Å². The fraction of sp³-hybridized carbons (Fsp3) is 0.158. The average molecular weight is 397 g/mol. The van der Waals surface area contributed by atoms with Gasteiger partial charge in [0.05, 0.1) is 5.75 Å². The van der Waals surface area contributed by atoms with Gasteiger partial charge in [-0.1, -0.05) is 29.5 Å². The number of aryl methyl sites for hydroxylation is 1. The molecule has 0 spiro atoms. The van der Waals surface area contributed by atoms with Crippen molar-refractivity contribution in [3.8, 4) is 5.75 Å². The molecule has 1 aromatic heterocycles. The van der Waals surface area contributed by atoms with Crippen LogP contribution in [-0.2, 0) is 11.4 Å². The number of thioether (sulfide) groups is 1. The third-order valence-electron chi connectivity index (χ3n) is 3.69. The molecule has 0 aliphatic heterocycles. The van der Waals surface area contributed by atoms with Crippen LogP contribution in [0, 0.1) is 6.92 Å². The van der Waals surface area contributed by atoms with Crippen LogP contribution in [-0.4, -0.2) is 32.7 Å². The number of ether oxygens (including phenoxy) is 1. The normalized spacial score (nSPS) is 10.5. The van der Waals surface area contributed by atoms with E-state index in [2.05, 4.69) is 20.5 Å². The van der Waals surface area contributed by atoms with Crippen LogP contribution in [0.4, 0.5) is 5.69 Å². The second-order valence-corrected chi connectivity index (χ2v) is 6.89. The highest BCUT2D eigenvalue weighted by Gasteiger charge is 2.09. The summed E-state index contributed by atoms with van der Waals surface area (Å²) in [5.74, 6) is 0.746. The van der Waals surface area contributed by atoms with E-state index in [-0.39, 0.29) is 18.3 Å². The molecule has 3 aromatic rings. The van der Waals surface area contributed by atoms with Gasteiger partial charge in [0.1, 0.15) is 12.4 Å². The van der Waals surface area contributed by atoms with Gasteiger partial charge in [0.25, 0.3) is 0 Å². The summed E-state index contributed by atoms with van der Waals surface area (Å²) < 4.78 is 5.64. The Balaban J connectivity index is 1.45. The lowest BCUT2D eigenvalue weighted by Crippen LogP contribution is -2.15. The molecule has 0 saturated heterocycles. The monoisotopic (exact) mass is 397 g/mol. The van der Waals surface area contributed by atoms with Crippen molar-refractivity contribution in [1.82, 2.24) is 15.2 Å². The van der Waals surface area contributed by atoms with Gasteiger partial charge in [-0.15, -0.1) is 5.10 Å². The fourth-order valence-electron chi connectivity index (χ4n) is 2.24. The number of nitrogens with zero attached hydrogens (tertiary/aromatic N) is 2. The van der Waals surface area contributed by atoms with Crippen LogP contribution in [0.5, 0.6) is 5.75 Å². The lowest BCUT2D eigenvalue weighted by molar-refractivity contribution is -0.113. The number of rotatable bonds is 8. The molecule has 0 aliphatic carbocycles. The van der Waals surface area contributed by atoms with Gasteiger partial charge in [-0.05, 0) is 43.3 Å². The molecule has 2 aromatic carbocycles. The highest BCUT2D eigenvalue weighted by Crippen LogP contribution is 2.16. The van der Waals surface area contributed by atoms with Crippen LogP contribution in [0.3, 0.4) is 0 Å². The molecule has 28 heavy (non-hydrogen) atoms. The Morgan fingerprint density at radius 2 is 1.86 bits per heavy atom. The number of benzene rings is 2. The molecular formula is C19H19N5O3S. The molecule has 0 radical (unpaired) electrons. The standard InChI is InChI=1S/C19H19N5O3S/c1-12-2-8-15(9-3-12)27-10-16-22-19(24-23-16)28-11-17(25)21-14-6-4-13(5-7-14)18(20)26/h2-9H,10-11H2,1H3,(H2,20,26)(H,21,25)(H,22,23,24). The number of amides is 2. The van der Waals surface area contributed by atoms with Crippen molar-refractivity contribution in [2.24, 2.45) is 5.73 Å². The maximum atomic E-state index is 12.0. The first kappa shape index (κ1) is 19.4. The van der Waals surface area contributed by atoms with Crippen molar-refractivity contribution in [2.75, 3.05) is 11.1 Å². The summed E-state index contributed by atoms with van der Waals surface area (Å²) >= 11 is 1.21. The van der Waals surface area contributed by atoms with Gasteiger partial charge in [0.2, 0.25) is 17.0 Å². The number of H-pyrrole nitrogens is 1. The Hall–Kier alpha value is -3.33. The number of aromatic nitrogens is 3. The largest absolute Gasteiger partial charge is 0.486 e. The number of primary amides is 1. The number of nitrogens with two attached hydrogens (primary N) is 1. The molecule has 2 amide bonds. The summed E-state index contributed by atoms with van der Waals surface area (Å²) in [4.78, 5) is 27.4. The Labute approximate surface area is 165 Å². The molecule has 4 N–H and O–H groups in total. The van der Waals surface area contributed by atoms with Gasteiger partial charge in [0.15, 0.2) is 5.82 Å². The van der Waals surface area contributed by atoms with Gasteiger partial charge < -0.3 is 15.8 Å². The topological polar surface area (TPSA) is 123 Å². The molecule has 0 unspecified atom stereocenters. The first-order valence-corrected chi connectivity index (χ1v) is 9.41. The van der Waals surface area contributed by atoms with E-state index in [4.69, 9.17) is 10.5 Å². The first-order valence-electron chi connectivity index (χ1n) is 8.43. The smallest absolute Gasteiger partial charge is 0.248 e. The number of anilines is 1. The van der Waals surface area contributed by atoms with Gasteiger partial charge in [0, 0.05) is 11.3 Å². The highest BCUT2D eigenvalue weighted by atomic mass is 32.2. The number of nitrogens with one attached hydrogen (secondary N) is 2. The Bertz CT molecular complexity index is 954. The van der Waals surface area contributed by atoms with E-state index >= 15 is 0 Å². The van der Waals surface area contributed by atoms with E-state index in [1.165, 1.54) is 11.8 Å². The molecule has 0 aliphatic rings. The summed E-state index contributed by atoms with van der Waals surface area (Å²) in [7, 11) is 0. The quantitative estimate of drug-likeness (QED) is 0.502. The minimum Gasteiger partial charge on any atom is -0.486 e. The molecule has 144 valence electrons. The second-order valence-electron chi connectivity index (χ2n) is 5.94. The molecule has 0 bridgehead atoms. The predicted molar refractivity (Wildman–Crippen MR) is 106 cm³/mol. The van der Waals surface area contributed by atoms with Crippen LogP contribution >= 0.6 is 11.8 Å². The van der Waals surface area contributed by atoms with Crippen molar-refractivity contribution in [1.29, 1.82) is 0 Å². The van der Waals surface area contributed by atoms with Crippen LogP contribution < -0.4 is 15.8 Å². The van der Waals surface area contributed by atoms with E-state index in [9.17, 15) is 9.59 Å². The molecule has 8 nitrogen and oxygen atoms in total. The Morgan fingerprint density at radius 3 is 2.54 bits per heavy atom. The molecule has 1 heterocycles. The van der Waals surface area contributed by atoms with Crippen LogP contribution in [0.15, 0.2) is 53.7 Å². The van der Waals surface area contributed by atoms with Gasteiger partial charge >= 0.3 is 0 Å². The van der Waals surface area contributed by atoms with Gasteiger partial charge in [-0.2, -0.15) is 0 Å². The zero-order valence-corrected chi connectivity index (χ0v) is 16.0. The molecule has 0 atom stereocenters. The van der Waals surface area contributed by atoms with Crippen LogP contribution in [0.2, 0.25) is 0 Å². The molecule has 9 heteroatoms. The third kappa shape index (κ3) is 5.58. The lowest BCUT2D eigenvalue weighted by atomic mass is 10.2. The SMILES string of the molecule is Cc1ccc(OCc2nc(SCC(=O)Nc3ccc(C(N)=O)cc3)n[nH]2)cc1. The molecule has 0 fully saturated rings. The van der Waals surface area contributed by atoms with Crippen molar-refractivity contribution in [3.05, 3.63) is 65.5 Å². The minimum absolute atomic E-state index is 0.147. The summed E-state index contributed by atoms with van der Waals surface area (Å²) in [5.41, 5.74) is 7.31. The van der Waals surface area contributed by atoms with E-state index in [1.54, 1.807) is 24.3 Å². The summed E-state index contributed by atoms with van der Waals surface area (Å²) in [5, 5.41) is 10.1. The van der Waals surface area contributed by atoms with Crippen molar-refractivity contribution >= 4 is 29.3 Å². The molecular weight excluding hydrogens is 378 g/mol. The van der Waals surface area contributed by atoms with E-state index in [1.807, 2.05) is 31.2 Å². The number of carbonyl (C=O) groups excluding carboxylic acids is 2. The third-order valence-corrected chi connectivity index (χ3v) is 4.54. The van der Waals surface area contributed by atoms with E-state index < -0.39 is 5.91 Å². The van der Waals surface area contributed by atoms with E-state index in [0.717, 1.165) is 11.3 Å². The second kappa shape index (κ2) is 9.05. The number of hydrogen-bond donors (Lipinski definition) is 3. The Morgan fingerprint density at radius 1 is 1.14 bits per heavy atom. The van der Waals surface area contributed by atoms with Crippen molar-refractivity contribution < 1.29 is 14.3 Å². The minimum atomic E-state index is -0.514. The zero-order chi connectivity index (χ0) is 19.9.